The highest BCUT2D eigenvalue weighted by Gasteiger charge is 1.99. The van der Waals surface area contributed by atoms with Crippen LogP contribution in [0.15, 0.2) is 42.6 Å². The number of anilines is 1. The monoisotopic (exact) mass is 200 g/mol. The number of benzene rings is 1. The summed E-state index contributed by atoms with van der Waals surface area (Å²) in [5.41, 5.74) is 7.63. The highest BCUT2D eigenvalue weighted by Crippen LogP contribution is 2.23. The number of rotatable bonds is 2. The average Bonchev–Trinajstić information content (AvgIpc) is 2.30. The lowest BCUT2D eigenvalue weighted by Gasteiger charge is -2.04. The van der Waals surface area contributed by atoms with Gasteiger partial charge in [0.2, 0.25) is 0 Å². The minimum absolute atomic E-state index is 0.529. The molecule has 0 amide bonds. The molecule has 0 unspecified atom stereocenters. The van der Waals surface area contributed by atoms with E-state index in [-0.39, 0.29) is 0 Å². The van der Waals surface area contributed by atoms with E-state index in [4.69, 9.17) is 10.5 Å². The van der Waals surface area contributed by atoms with Crippen LogP contribution in [0.4, 0.5) is 5.82 Å². The molecule has 2 aromatic rings. The van der Waals surface area contributed by atoms with Gasteiger partial charge >= 0.3 is 0 Å². The third kappa shape index (κ3) is 2.07. The molecule has 0 aliphatic heterocycles. The van der Waals surface area contributed by atoms with Gasteiger partial charge in [-0.2, -0.15) is 0 Å². The van der Waals surface area contributed by atoms with Gasteiger partial charge in [-0.25, -0.2) is 4.98 Å². The van der Waals surface area contributed by atoms with E-state index in [2.05, 4.69) is 4.98 Å². The van der Waals surface area contributed by atoms with Gasteiger partial charge in [-0.1, -0.05) is 12.1 Å². The molecule has 0 spiro atoms. The van der Waals surface area contributed by atoms with Crippen molar-refractivity contribution in [3.05, 3.63) is 42.6 Å². The van der Waals surface area contributed by atoms with Gasteiger partial charge in [0.1, 0.15) is 11.6 Å². The van der Waals surface area contributed by atoms with Gasteiger partial charge in [-0.3, -0.25) is 0 Å². The second-order valence-electron chi connectivity index (χ2n) is 3.20. The zero-order valence-corrected chi connectivity index (χ0v) is 8.47. The minimum Gasteiger partial charge on any atom is -0.497 e. The first-order chi connectivity index (χ1) is 7.29. The first kappa shape index (κ1) is 9.52. The molecule has 76 valence electrons. The first-order valence-corrected chi connectivity index (χ1v) is 4.65. The Morgan fingerprint density at radius 2 is 2.00 bits per heavy atom. The van der Waals surface area contributed by atoms with E-state index in [9.17, 15) is 0 Å². The Balaban J connectivity index is 2.40. The highest BCUT2D eigenvalue weighted by molar-refractivity contribution is 5.65. The zero-order valence-electron chi connectivity index (χ0n) is 8.47. The van der Waals surface area contributed by atoms with Crippen molar-refractivity contribution >= 4 is 5.82 Å². The molecule has 0 aliphatic carbocycles. The topological polar surface area (TPSA) is 48.1 Å². The van der Waals surface area contributed by atoms with Crippen LogP contribution in [0.3, 0.4) is 0 Å². The number of nitrogens with two attached hydrogens (primary N) is 1. The number of pyridine rings is 1. The van der Waals surface area contributed by atoms with Crippen LogP contribution in [-0.4, -0.2) is 12.1 Å². The number of aromatic nitrogens is 1. The SMILES string of the molecule is COc1cccc(-c2ccc(N)nc2)c1. The van der Waals surface area contributed by atoms with E-state index in [1.54, 1.807) is 19.4 Å². The summed E-state index contributed by atoms with van der Waals surface area (Å²) in [5.74, 6) is 1.37. The van der Waals surface area contributed by atoms with E-state index in [0.717, 1.165) is 16.9 Å². The van der Waals surface area contributed by atoms with Crippen molar-refractivity contribution in [2.75, 3.05) is 12.8 Å². The summed E-state index contributed by atoms with van der Waals surface area (Å²) in [4.78, 5) is 4.05. The summed E-state index contributed by atoms with van der Waals surface area (Å²) in [7, 11) is 1.65. The Morgan fingerprint density at radius 3 is 2.67 bits per heavy atom. The molecule has 3 nitrogen and oxygen atoms in total. The predicted molar refractivity (Wildman–Crippen MR) is 60.6 cm³/mol. The molecule has 2 rings (SSSR count). The Labute approximate surface area is 88.5 Å². The third-order valence-electron chi connectivity index (χ3n) is 2.19. The lowest BCUT2D eigenvalue weighted by Crippen LogP contribution is -1.89. The van der Waals surface area contributed by atoms with Crippen molar-refractivity contribution in [3.63, 3.8) is 0 Å². The van der Waals surface area contributed by atoms with Crippen LogP contribution >= 0.6 is 0 Å². The van der Waals surface area contributed by atoms with Crippen molar-refractivity contribution in [2.45, 2.75) is 0 Å². The van der Waals surface area contributed by atoms with Gasteiger partial charge in [0.15, 0.2) is 0 Å². The van der Waals surface area contributed by atoms with Crippen molar-refractivity contribution in [3.8, 4) is 16.9 Å². The average molecular weight is 200 g/mol. The van der Waals surface area contributed by atoms with E-state index >= 15 is 0 Å². The molecule has 0 atom stereocenters. The molecule has 3 heteroatoms. The zero-order chi connectivity index (χ0) is 10.7. The Morgan fingerprint density at radius 1 is 1.13 bits per heavy atom. The fourth-order valence-corrected chi connectivity index (χ4v) is 1.38. The normalized spacial score (nSPS) is 9.93. The number of hydrogen-bond donors (Lipinski definition) is 1. The Hall–Kier alpha value is -2.03. The van der Waals surface area contributed by atoms with E-state index < -0.39 is 0 Å². The molecule has 0 radical (unpaired) electrons. The van der Waals surface area contributed by atoms with Gasteiger partial charge in [0.05, 0.1) is 7.11 Å². The highest BCUT2D eigenvalue weighted by atomic mass is 16.5. The van der Waals surface area contributed by atoms with Crippen LogP contribution in [0.2, 0.25) is 0 Å². The lowest BCUT2D eigenvalue weighted by atomic mass is 10.1. The van der Waals surface area contributed by atoms with Gasteiger partial charge in [0.25, 0.3) is 0 Å². The lowest BCUT2D eigenvalue weighted by molar-refractivity contribution is 0.415. The maximum atomic E-state index is 5.53. The maximum absolute atomic E-state index is 5.53. The number of methoxy groups -OCH3 is 1. The van der Waals surface area contributed by atoms with Crippen molar-refractivity contribution in [1.29, 1.82) is 0 Å². The molecule has 2 N–H and O–H groups in total. The second-order valence-corrected chi connectivity index (χ2v) is 3.20. The van der Waals surface area contributed by atoms with Crippen LogP contribution < -0.4 is 10.5 Å². The van der Waals surface area contributed by atoms with Crippen LogP contribution in [0.5, 0.6) is 5.75 Å². The molecule has 1 aromatic carbocycles. The molecule has 0 saturated carbocycles. The molecule has 0 fully saturated rings. The molecule has 15 heavy (non-hydrogen) atoms. The molecule has 0 saturated heterocycles. The number of nitrogen functional groups attached to an aromatic ring is 1. The predicted octanol–water partition coefficient (Wildman–Crippen LogP) is 2.34. The van der Waals surface area contributed by atoms with Crippen LogP contribution in [0.25, 0.3) is 11.1 Å². The smallest absolute Gasteiger partial charge is 0.123 e. The molecular weight excluding hydrogens is 188 g/mol. The summed E-state index contributed by atoms with van der Waals surface area (Å²) >= 11 is 0. The number of nitrogens with zero attached hydrogens (tertiary/aromatic N) is 1. The van der Waals surface area contributed by atoms with Crippen LogP contribution in [0, 0.1) is 0 Å². The fraction of sp³-hybridized carbons (Fsp3) is 0.0833. The Bertz CT molecular complexity index is 451. The molecule has 1 heterocycles. The van der Waals surface area contributed by atoms with Gasteiger partial charge in [-0.15, -0.1) is 0 Å². The maximum Gasteiger partial charge on any atom is 0.123 e. The minimum atomic E-state index is 0.529. The summed E-state index contributed by atoms with van der Waals surface area (Å²) in [6, 6.07) is 11.6. The molecule has 1 aromatic heterocycles. The summed E-state index contributed by atoms with van der Waals surface area (Å²) in [6.45, 7) is 0. The van der Waals surface area contributed by atoms with Gasteiger partial charge in [0, 0.05) is 11.8 Å². The fourth-order valence-electron chi connectivity index (χ4n) is 1.38. The number of ether oxygens (including phenoxy) is 1. The standard InChI is InChI=1S/C12H12N2O/c1-15-11-4-2-3-9(7-11)10-5-6-12(13)14-8-10/h2-8H,1H3,(H2,13,14). The van der Waals surface area contributed by atoms with E-state index in [1.807, 2.05) is 30.3 Å². The molecule has 0 aliphatic rings. The summed E-state index contributed by atoms with van der Waals surface area (Å²) in [6.07, 6.45) is 1.75. The molecule has 0 bridgehead atoms. The largest absolute Gasteiger partial charge is 0.497 e. The van der Waals surface area contributed by atoms with Crippen molar-refractivity contribution < 1.29 is 4.74 Å². The van der Waals surface area contributed by atoms with Crippen molar-refractivity contribution in [1.82, 2.24) is 4.98 Å². The first-order valence-electron chi connectivity index (χ1n) is 4.65. The van der Waals surface area contributed by atoms with E-state index in [0.29, 0.717) is 5.82 Å². The van der Waals surface area contributed by atoms with Crippen LogP contribution in [0.1, 0.15) is 0 Å². The van der Waals surface area contributed by atoms with E-state index in [1.165, 1.54) is 0 Å². The van der Waals surface area contributed by atoms with Crippen molar-refractivity contribution in [2.24, 2.45) is 0 Å². The quantitative estimate of drug-likeness (QED) is 0.809. The van der Waals surface area contributed by atoms with Gasteiger partial charge in [-0.05, 0) is 29.8 Å². The summed E-state index contributed by atoms with van der Waals surface area (Å²) < 4.78 is 5.15. The third-order valence-corrected chi connectivity index (χ3v) is 2.19. The number of hydrogen-bond acceptors (Lipinski definition) is 3. The molecular formula is C12H12N2O. The Kier molecular flexibility index (Phi) is 2.54. The van der Waals surface area contributed by atoms with Gasteiger partial charge < -0.3 is 10.5 Å². The summed E-state index contributed by atoms with van der Waals surface area (Å²) in [5, 5.41) is 0. The second kappa shape index (κ2) is 4.00. The van der Waals surface area contributed by atoms with Crippen LogP contribution in [-0.2, 0) is 0 Å².